The van der Waals surface area contributed by atoms with Crippen molar-refractivity contribution in [2.45, 2.75) is 27.3 Å². The minimum absolute atomic E-state index is 0.260. The Labute approximate surface area is 173 Å². The van der Waals surface area contributed by atoms with E-state index in [-0.39, 0.29) is 12.4 Å². The number of aromatic nitrogens is 3. The van der Waals surface area contributed by atoms with Crippen LogP contribution in [0.2, 0.25) is 0 Å². The van der Waals surface area contributed by atoms with Crippen molar-refractivity contribution in [2.75, 3.05) is 37.7 Å². The molecular weight excluding hydrogens is 389 g/mol. The van der Waals surface area contributed by atoms with Gasteiger partial charge in [0.05, 0.1) is 24.4 Å². The van der Waals surface area contributed by atoms with Crippen LogP contribution < -0.4 is 4.90 Å². The number of halogens is 1. The van der Waals surface area contributed by atoms with Crippen molar-refractivity contribution in [3.8, 4) is 0 Å². The van der Waals surface area contributed by atoms with Gasteiger partial charge in [-0.05, 0) is 31.5 Å². The molecule has 0 spiro atoms. The number of hydrogen-bond donors (Lipinski definition) is 0. The van der Waals surface area contributed by atoms with Crippen LogP contribution in [-0.2, 0) is 11.3 Å². The number of ether oxygens (including phenoxy) is 1. The lowest BCUT2D eigenvalue weighted by atomic mass is 10.0. The Kier molecular flexibility index (Phi) is 5.63. The van der Waals surface area contributed by atoms with Crippen molar-refractivity contribution in [1.82, 2.24) is 20.0 Å². The largest absolute Gasteiger partial charge is 0.462 e. The van der Waals surface area contributed by atoms with Crippen molar-refractivity contribution in [3.63, 3.8) is 0 Å². The molecule has 8 nitrogen and oxygen atoms in total. The molecule has 1 fully saturated rings. The molecule has 1 aliphatic rings. The first-order valence-electron chi connectivity index (χ1n) is 9.98. The Morgan fingerprint density at radius 3 is 2.67 bits per heavy atom. The summed E-state index contributed by atoms with van der Waals surface area (Å²) in [6.45, 7) is 9.02. The van der Waals surface area contributed by atoms with Gasteiger partial charge in [-0.15, -0.1) is 0 Å². The molecule has 0 N–H and O–H groups in total. The third-order valence-corrected chi connectivity index (χ3v) is 5.22. The molecule has 0 aliphatic carbocycles. The number of aryl methyl sites for hydroxylation is 2. The van der Waals surface area contributed by atoms with E-state index in [1.165, 1.54) is 18.3 Å². The molecule has 158 valence electrons. The van der Waals surface area contributed by atoms with Gasteiger partial charge in [-0.1, -0.05) is 5.16 Å². The number of hydrogen-bond acceptors (Lipinski definition) is 8. The molecule has 4 rings (SSSR count). The average molecular weight is 413 g/mol. The Morgan fingerprint density at radius 2 is 2.00 bits per heavy atom. The zero-order valence-corrected chi connectivity index (χ0v) is 17.3. The van der Waals surface area contributed by atoms with E-state index in [0.717, 1.165) is 18.7 Å². The molecule has 30 heavy (non-hydrogen) atoms. The molecule has 0 amide bonds. The fourth-order valence-electron chi connectivity index (χ4n) is 3.86. The number of nitrogens with zero attached hydrogens (tertiary/aromatic N) is 5. The predicted octanol–water partition coefficient (Wildman–Crippen LogP) is 2.87. The molecular formula is C21H24FN5O3. The lowest BCUT2D eigenvalue weighted by molar-refractivity contribution is 0.0526. The van der Waals surface area contributed by atoms with E-state index in [4.69, 9.17) is 9.26 Å². The topological polar surface area (TPSA) is 84.6 Å². The minimum Gasteiger partial charge on any atom is -0.462 e. The summed E-state index contributed by atoms with van der Waals surface area (Å²) in [4.78, 5) is 25.6. The van der Waals surface area contributed by atoms with Crippen molar-refractivity contribution in [1.29, 1.82) is 0 Å². The maximum Gasteiger partial charge on any atom is 0.341 e. The van der Waals surface area contributed by atoms with E-state index in [2.05, 4.69) is 24.9 Å². The summed E-state index contributed by atoms with van der Waals surface area (Å²) in [5.74, 6) is 0.396. The molecule has 0 bridgehead atoms. The first-order chi connectivity index (χ1) is 14.5. The molecule has 1 aromatic carbocycles. The van der Waals surface area contributed by atoms with Crippen LogP contribution in [-0.4, -0.2) is 58.8 Å². The van der Waals surface area contributed by atoms with Crippen LogP contribution in [0.15, 0.2) is 22.9 Å². The highest BCUT2D eigenvalue weighted by molar-refractivity contribution is 6.06. The number of rotatable bonds is 5. The van der Waals surface area contributed by atoms with E-state index in [9.17, 15) is 9.18 Å². The summed E-state index contributed by atoms with van der Waals surface area (Å²) in [6.07, 6.45) is 1.54. The van der Waals surface area contributed by atoms with Crippen LogP contribution in [0.1, 0.15) is 34.6 Å². The lowest BCUT2D eigenvalue weighted by Gasteiger charge is -2.36. The molecule has 0 unspecified atom stereocenters. The standard InChI is InChI=1S/C21H24FN5O3/c1-4-29-21(28)17-11-23-19-13(2)9-15(22)10-16(19)20(17)27-7-5-26(6-8-27)12-18-24-14(3)30-25-18/h9-11H,4-8,12H2,1-3H3. The molecule has 3 heterocycles. The Hall–Kier alpha value is -3.07. The van der Waals surface area contributed by atoms with Gasteiger partial charge in [-0.3, -0.25) is 9.88 Å². The van der Waals surface area contributed by atoms with Gasteiger partial charge in [0.25, 0.3) is 0 Å². The fraction of sp³-hybridized carbons (Fsp3) is 0.429. The van der Waals surface area contributed by atoms with Crippen LogP contribution >= 0.6 is 0 Å². The van der Waals surface area contributed by atoms with Gasteiger partial charge in [-0.25, -0.2) is 9.18 Å². The monoisotopic (exact) mass is 413 g/mol. The summed E-state index contributed by atoms with van der Waals surface area (Å²) < 4.78 is 24.5. The van der Waals surface area contributed by atoms with E-state index < -0.39 is 5.97 Å². The third kappa shape index (κ3) is 3.97. The summed E-state index contributed by atoms with van der Waals surface area (Å²) in [7, 11) is 0. The molecule has 3 aromatic rings. The molecule has 0 atom stereocenters. The van der Waals surface area contributed by atoms with Gasteiger partial charge in [0.15, 0.2) is 5.82 Å². The van der Waals surface area contributed by atoms with Gasteiger partial charge in [0.2, 0.25) is 5.89 Å². The lowest BCUT2D eigenvalue weighted by Crippen LogP contribution is -2.46. The number of anilines is 1. The number of piperazine rings is 1. The highest BCUT2D eigenvalue weighted by atomic mass is 19.1. The van der Waals surface area contributed by atoms with Crippen molar-refractivity contribution in [2.24, 2.45) is 0 Å². The predicted molar refractivity (Wildman–Crippen MR) is 109 cm³/mol. The average Bonchev–Trinajstić information content (AvgIpc) is 3.12. The minimum atomic E-state index is -0.450. The van der Waals surface area contributed by atoms with Crippen molar-refractivity contribution in [3.05, 3.63) is 47.0 Å². The highest BCUT2D eigenvalue weighted by Crippen LogP contribution is 2.33. The maximum atomic E-state index is 14.2. The van der Waals surface area contributed by atoms with Crippen LogP contribution in [0.5, 0.6) is 0 Å². The number of carbonyl (C=O) groups is 1. The number of benzene rings is 1. The second-order valence-corrected chi connectivity index (χ2v) is 7.35. The second-order valence-electron chi connectivity index (χ2n) is 7.35. The first-order valence-corrected chi connectivity index (χ1v) is 9.98. The zero-order valence-electron chi connectivity index (χ0n) is 17.3. The number of pyridine rings is 1. The van der Waals surface area contributed by atoms with E-state index in [1.54, 1.807) is 13.8 Å². The molecule has 1 aliphatic heterocycles. The maximum absolute atomic E-state index is 14.2. The number of fused-ring (bicyclic) bond motifs is 1. The number of esters is 1. The molecule has 0 radical (unpaired) electrons. The van der Waals surface area contributed by atoms with Gasteiger partial charge in [0, 0.05) is 44.7 Å². The SMILES string of the molecule is CCOC(=O)c1cnc2c(C)cc(F)cc2c1N1CCN(Cc2noc(C)n2)CC1. The smallest absolute Gasteiger partial charge is 0.341 e. The van der Waals surface area contributed by atoms with Crippen LogP contribution in [0.25, 0.3) is 10.9 Å². The van der Waals surface area contributed by atoms with Gasteiger partial charge < -0.3 is 14.2 Å². The quantitative estimate of drug-likeness (QED) is 0.591. The van der Waals surface area contributed by atoms with Crippen LogP contribution in [0.3, 0.4) is 0 Å². The Balaban J connectivity index is 1.65. The number of carbonyl (C=O) groups excluding carboxylic acids is 1. The molecule has 0 saturated carbocycles. The van der Waals surface area contributed by atoms with Crippen LogP contribution in [0, 0.1) is 19.7 Å². The third-order valence-electron chi connectivity index (χ3n) is 5.22. The van der Waals surface area contributed by atoms with E-state index in [1.807, 2.05) is 6.92 Å². The van der Waals surface area contributed by atoms with Crippen LogP contribution in [0.4, 0.5) is 10.1 Å². The summed E-state index contributed by atoms with van der Waals surface area (Å²) in [5, 5.41) is 4.58. The van der Waals surface area contributed by atoms with E-state index in [0.29, 0.717) is 53.5 Å². The van der Waals surface area contributed by atoms with Gasteiger partial charge >= 0.3 is 5.97 Å². The van der Waals surface area contributed by atoms with E-state index >= 15 is 0 Å². The Bertz CT molecular complexity index is 1080. The molecule has 2 aromatic heterocycles. The second kappa shape index (κ2) is 8.35. The summed E-state index contributed by atoms with van der Waals surface area (Å²) >= 11 is 0. The molecule has 1 saturated heterocycles. The van der Waals surface area contributed by atoms with Crippen molar-refractivity contribution >= 4 is 22.6 Å². The summed E-state index contributed by atoms with van der Waals surface area (Å²) in [6, 6.07) is 2.90. The first kappa shape index (κ1) is 20.2. The Morgan fingerprint density at radius 1 is 1.23 bits per heavy atom. The van der Waals surface area contributed by atoms with Gasteiger partial charge in [-0.2, -0.15) is 4.98 Å². The van der Waals surface area contributed by atoms with Gasteiger partial charge in [0.1, 0.15) is 11.4 Å². The zero-order chi connectivity index (χ0) is 21.3. The highest BCUT2D eigenvalue weighted by Gasteiger charge is 2.26. The summed E-state index contributed by atoms with van der Waals surface area (Å²) in [5.41, 5.74) is 2.45. The van der Waals surface area contributed by atoms with Crippen molar-refractivity contribution < 1.29 is 18.4 Å². The normalized spacial score (nSPS) is 15.0. The molecule has 9 heteroatoms. The fourth-order valence-corrected chi connectivity index (χ4v) is 3.86.